The van der Waals surface area contributed by atoms with E-state index in [1.165, 1.54) is 13.3 Å². The van der Waals surface area contributed by atoms with Crippen LogP contribution in [0.15, 0.2) is 12.5 Å². The molecular weight excluding hydrogens is 252 g/mol. The van der Waals surface area contributed by atoms with Gasteiger partial charge in [-0.2, -0.15) is 0 Å². The second-order valence-corrected chi connectivity index (χ2v) is 4.79. The normalized spacial score (nSPS) is 35.1. The highest BCUT2D eigenvalue weighted by Crippen LogP contribution is 2.40. The maximum absolute atomic E-state index is 10.3. The SMILES string of the molecule is C[C@]1(O)C(c2nc3ncncc3[nH]2)O[C@H](CO)[C@H]1O. The predicted molar refractivity (Wildman–Crippen MR) is 63.0 cm³/mol. The highest BCUT2D eigenvalue weighted by Gasteiger charge is 2.53. The third-order valence-electron chi connectivity index (χ3n) is 3.40. The monoisotopic (exact) mass is 266 g/mol. The minimum Gasteiger partial charge on any atom is -0.394 e. The molecule has 1 aliphatic rings. The summed E-state index contributed by atoms with van der Waals surface area (Å²) < 4.78 is 5.46. The van der Waals surface area contributed by atoms with Gasteiger partial charge in [0.2, 0.25) is 0 Å². The average Bonchev–Trinajstić information content (AvgIpc) is 2.90. The van der Waals surface area contributed by atoms with Gasteiger partial charge in [0, 0.05) is 0 Å². The number of hydrogen-bond donors (Lipinski definition) is 4. The molecule has 2 aromatic heterocycles. The Morgan fingerprint density at radius 2 is 2.32 bits per heavy atom. The van der Waals surface area contributed by atoms with Crippen molar-refractivity contribution in [2.24, 2.45) is 0 Å². The number of nitrogens with zero attached hydrogens (tertiary/aromatic N) is 3. The quantitative estimate of drug-likeness (QED) is 0.543. The van der Waals surface area contributed by atoms with E-state index in [-0.39, 0.29) is 6.61 Å². The lowest BCUT2D eigenvalue weighted by Crippen LogP contribution is -2.43. The van der Waals surface area contributed by atoms with E-state index in [2.05, 4.69) is 19.9 Å². The van der Waals surface area contributed by atoms with Gasteiger partial charge in [0.05, 0.1) is 12.8 Å². The van der Waals surface area contributed by atoms with Crippen molar-refractivity contribution in [2.75, 3.05) is 6.61 Å². The first-order chi connectivity index (χ1) is 9.04. The Morgan fingerprint density at radius 3 is 2.95 bits per heavy atom. The van der Waals surface area contributed by atoms with Gasteiger partial charge in [-0.25, -0.2) is 15.0 Å². The lowest BCUT2D eigenvalue weighted by Gasteiger charge is -2.25. The van der Waals surface area contributed by atoms with E-state index in [4.69, 9.17) is 9.84 Å². The minimum atomic E-state index is -1.55. The van der Waals surface area contributed by atoms with Crippen LogP contribution in [0.3, 0.4) is 0 Å². The van der Waals surface area contributed by atoms with Gasteiger partial charge < -0.3 is 25.0 Å². The fourth-order valence-electron chi connectivity index (χ4n) is 2.31. The minimum absolute atomic E-state index is 0.343. The smallest absolute Gasteiger partial charge is 0.180 e. The summed E-state index contributed by atoms with van der Waals surface area (Å²) in [5.74, 6) is 0.343. The zero-order chi connectivity index (χ0) is 13.6. The molecule has 1 saturated heterocycles. The molecule has 1 aliphatic heterocycles. The molecule has 0 amide bonds. The van der Waals surface area contributed by atoms with Crippen molar-refractivity contribution >= 4 is 11.2 Å². The summed E-state index contributed by atoms with van der Waals surface area (Å²) in [6, 6.07) is 0. The molecule has 0 spiro atoms. The van der Waals surface area contributed by atoms with Crippen LogP contribution in [0.1, 0.15) is 18.9 Å². The van der Waals surface area contributed by atoms with Crippen molar-refractivity contribution in [3.8, 4) is 0 Å². The van der Waals surface area contributed by atoms with E-state index in [9.17, 15) is 10.2 Å². The second kappa shape index (κ2) is 4.20. The molecule has 1 unspecified atom stereocenters. The fraction of sp³-hybridized carbons (Fsp3) is 0.545. The van der Waals surface area contributed by atoms with Crippen LogP contribution in [-0.2, 0) is 4.74 Å². The number of hydrogen-bond acceptors (Lipinski definition) is 7. The standard InChI is InChI=1S/C11H14N4O4/c1-11(18)7(17)6(3-16)19-8(11)10-14-5-2-12-4-13-9(5)15-10/h2,4,6-8,16-18H,3H2,1H3,(H,12,13,14,15)/t6-,7-,8?,11-/m1/s1. The van der Waals surface area contributed by atoms with Crippen LogP contribution in [0, 0.1) is 0 Å². The second-order valence-electron chi connectivity index (χ2n) is 4.79. The number of rotatable bonds is 2. The van der Waals surface area contributed by atoms with Crippen molar-refractivity contribution in [3.63, 3.8) is 0 Å². The maximum atomic E-state index is 10.3. The maximum Gasteiger partial charge on any atom is 0.180 e. The van der Waals surface area contributed by atoms with Gasteiger partial charge in [-0.15, -0.1) is 0 Å². The molecule has 0 aromatic carbocycles. The molecule has 4 atom stereocenters. The molecule has 0 radical (unpaired) electrons. The van der Waals surface area contributed by atoms with Crippen LogP contribution in [0.5, 0.6) is 0 Å². The molecule has 0 saturated carbocycles. The van der Waals surface area contributed by atoms with Crippen molar-refractivity contribution in [1.29, 1.82) is 0 Å². The Balaban J connectivity index is 2.01. The molecule has 8 heteroatoms. The van der Waals surface area contributed by atoms with Crippen molar-refractivity contribution in [3.05, 3.63) is 18.3 Å². The number of aromatic nitrogens is 4. The molecule has 102 valence electrons. The molecular formula is C11H14N4O4. The summed E-state index contributed by atoms with van der Waals surface area (Å²) in [4.78, 5) is 15.0. The van der Waals surface area contributed by atoms with E-state index >= 15 is 0 Å². The average molecular weight is 266 g/mol. The van der Waals surface area contributed by atoms with Crippen LogP contribution >= 0.6 is 0 Å². The van der Waals surface area contributed by atoms with Crippen LogP contribution in [-0.4, -0.2) is 59.7 Å². The molecule has 19 heavy (non-hydrogen) atoms. The van der Waals surface area contributed by atoms with Crippen molar-refractivity contribution in [1.82, 2.24) is 19.9 Å². The fourth-order valence-corrected chi connectivity index (χ4v) is 2.31. The first kappa shape index (κ1) is 12.4. The number of aliphatic hydroxyl groups excluding tert-OH is 2. The van der Waals surface area contributed by atoms with E-state index in [1.807, 2.05) is 0 Å². The van der Waals surface area contributed by atoms with Gasteiger partial charge in [0.15, 0.2) is 5.65 Å². The molecule has 0 bridgehead atoms. The Morgan fingerprint density at radius 1 is 1.53 bits per heavy atom. The topological polar surface area (TPSA) is 124 Å². The molecule has 8 nitrogen and oxygen atoms in total. The van der Waals surface area contributed by atoms with Gasteiger partial charge in [0.1, 0.15) is 41.6 Å². The highest BCUT2D eigenvalue weighted by atomic mass is 16.6. The van der Waals surface area contributed by atoms with Crippen molar-refractivity contribution < 1.29 is 20.1 Å². The first-order valence-corrected chi connectivity index (χ1v) is 5.86. The van der Waals surface area contributed by atoms with Crippen LogP contribution < -0.4 is 0 Å². The molecule has 3 heterocycles. The summed E-state index contributed by atoms with van der Waals surface area (Å²) in [6.07, 6.45) is 0.0176. The third-order valence-corrected chi connectivity index (χ3v) is 3.40. The Kier molecular flexibility index (Phi) is 2.75. The van der Waals surface area contributed by atoms with Gasteiger partial charge >= 0.3 is 0 Å². The Bertz CT molecular complexity index is 566. The molecule has 2 aromatic rings. The van der Waals surface area contributed by atoms with Gasteiger partial charge in [-0.05, 0) is 6.92 Å². The number of aromatic amines is 1. The van der Waals surface area contributed by atoms with E-state index in [0.717, 1.165) is 0 Å². The molecule has 4 N–H and O–H groups in total. The van der Waals surface area contributed by atoms with Gasteiger partial charge in [-0.3, -0.25) is 0 Å². The lowest BCUT2D eigenvalue weighted by molar-refractivity contribution is -0.0671. The number of fused-ring (bicyclic) bond motifs is 1. The zero-order valence-corrected chi connectivity index (χ0v) is 10.2. The Hall–Kier alpha value is -1.61. The summed E-state index contributed by atoms with van der Waals surface area (Å²) in [5, 5.41) is 29.4. The number of H-pyrrole nitrogens is 1. The van der Waals surface area contributed by atoms with Crippen molar-refractivity contribution in [2.45, 2.75) is 30.8 Å². The number of imidazole rings is 1. The summed E-state index contributed by atoms with van der Waals surface area (Å²) in [5.41, 5.74) is -0.487. The van der Waals surface area contributed by atoms with Crippen LogP contribution in [0.4, 0.5) is 0 Å². The van der Waals surface area contributed by atoms with Gasteiger partial charge in [0.25, 0.3) is 0 Å². The summed E-state index contributed by atoms with van der Waals surface area (Å²) in [7, 11) is 0. The van der Waals surface area contributed by atoms with Crippen LogP contribution in [0.2, 0.25) is 0 Å². The van der Waals surface area contributed by atoms with Crippen LogP contribution in [0.25, 0.3) is 11.2 Å². The predicted octanol–water partition coefficient (Wildman–Crippen LogP) is -1.10. The zero-order valence-electron chi connectivity index (χ0n) is 10.2. The Labute approximate surface area is 108 Å². The van der Waals surface area contributed by atoms with Gasteiger partial charge in [-0.1, -0.05) is 0 Å². The van der Waals surface area contributed by atoms with E-state index < -0.39 is 23.9 Å². The lowest BCUT2D eigenvalue weighted by atomic mass is 9.92. The largest absolute Gasteiger partial charge is 0.394 e. The molecule has 1 fully saturated rings. The summed E-state index contributed by atoms with van der Waals surface area (Å²) >= 11 is 0. The molecule has 3 rings (SSSR count). The number of aliphatic hydroxyl groups is 3. The van der Waals surface area contributed by atoms with E-state index in [0.29, 0.717) is 17.0 Å². The number of ether oxygens (including phenoxy) is 1. The highest BCUT2D eigenvalue weighted by molar-refractivity contribution is 5.68. The number of nitrogens with one attached hydrogen (secondary N) is 1. The third kappa shape index (κ3) is 1.80. The molecule has 0 aliphatic carbocycles. The first-order valence-electron chi connectivity index (χ1n) is 5.86. The summed E-state index contributed by atoms with van der Waals surface area (Å²) in [6.45, 7) is 1.06. The van der Waals surface area contributed by atoms with E-state index in [1.54, 1.807) is 6.20 Å².